The summed E-state index contributed by atoms with van der Waals surface area (Å²) < 4.78 is 1.84. The molecule has 1 atom stereocenters. The zero-order chi connectivity index (χ0) is 26.3. The maximum absolute atomic E-state index is 13.4. The smallest absolute Gasteiger partial charge is 0.254 e. The number of fused-ring (bicyclic) bond motifs is 2. The van der Waals surface area contributed by atoms with Crippen molar-refractivity contribution in [3.63, 3.8) is 0 Å². The molecule has 0 unspecified atom stereocenters. The van der Waals surface area contributed by atoms with Crippen molar-refractivity contribution in [1.29, 1.82) is 0 Å². The number of pyridine rings is 1. The van der Waals surface area contributed by atoms with E-state index in [2.05, 4.69) is 37.6 Å². The van der Waals surface area contributed by atoms with Gasteiger partial charge < -0.3 is 26.4 Å². The monoisotopic (exact) mass is 515 g/mol. The van der Waals surface area contributed by atoms with Gasteiger partial charge in [0, 0.05) is 61.4 Å². The number of aliphatic hydroxyl groups is 1. The van der Waals surface area contributed by atoms with Crippen molar-refractivity contribution in [1.82, 2.24) is 34.9 Å². The molecule has 0 radical (unpaired) electrons. The van der Waals surface area contributed by atoms with Gasteiger partial charge in [0.2, 0.25) is 5.95 Å². The quantitative estimate of drug-likeness (QED) is 0.263. The van der Waals surface area contributed by atoms with Crippen LogP contribution in [-0.4, -0.2) is 79.5 Å². The van der Waals surface area contributed by atoms with Crippen molar-refractivity contribution in [2.45, 2.75) is 38.8 Å². The minimum absolute atomic E-state index is 0.0509. The lowest BCUT2D eigenvalue weighted by Gasteiger charge is -2.56. The topological polar surface area (TPSA) is 147 Å². The number of nitrogens with zero attached hydrogens (tertiary/aromatic N) is 6. The van der Waals surface area contributed by atoms with Crippen molar-refractivity contribution in [2.75, 3.05) is 43.8 Å². The van der Waals surface area contributed by atoms with Crippen LogP contribution in [0.2, 0.25) is 0 Å². The summed E-state index contributed by atoms with van der Waals surface area (Å²) in [7, 11) is 0. The number of carbonyl (C=O) groups is 1. The summed E-state index contributed by atoms with van der Waals surface area (Å²) in [5.74, 6) is 0.815. The average molecular weight is 516 g/mol. The second-order valence-electron chi connectivity index (χ2n) is 10.5. The summed E-state index contributed by atoms with van der Waals surface area (Å²) in [6.45, 7) is 6.19. The summed E-state index contributed by atoms with van der Waals surface area (Å²) in [6, 6.07) is 7.75. The van der Waals surface area contributed by atoms with Crippen LogP contribution in [0, 0.1) is 5.41 Å². The van der Waals surface area contributed by atoms with Crippen molar-refractivity contribution in [3.05, 3.63) is 47.8 Å². The number of aliphatic hydroxyl groups excluding tert-OH is 1. The molecule has 4 aromatic rings. The van der Waals surface area contributed by atoms with Gasteiger partial charge in [-0.3, -0.25) is 14.5 Å². The lowest BCUT2D eigenvalue weighted by atomic mass is 9.74. The van der Waals surface area contributed by atoms with Crippen LogP contribution in [0.15, 0.2) is 36.7 Å². The molecule has 1 amide bonds. The van der Waals surface area contributed by atoms with Crippen LogP contribution in [0.5, 0.6) is 0 Å². The summed E-state index contributed by atoms with van der Waals surface area (Å²) in [4.78, 5) is 28.8. The number of benzene rings is 1. The first kappa shape index (κ1) is 24.5. The standard InChI is InChI=1S/C27H33N9O2/c1-2-4-18(8-10-37)32-24-23-21(33-26(28)34-24)11-31-36(23)12-17-6-7-20(19-5-3-9-30-22(17)19)25(38)35-15-27(16-35)13-29-14-27/h3,5-7,9,11,18,29,37H,2,4,8,10,12-16H2,1H3,(H3,28,32,33,34)/t18-/m0/s1. The van der Waals surface area contributed by atoms with E-state index in [9.17, 15) is 9.90 Å². The van der Waals surface area contributed by atoms with Crippen LogP contribution in [-0.2, 0) is 6.54 Å². The number of aromatic nitrogens is 5. The van der Waals surface area contributed by atoms with Crippen molar-refractivity contribution in [2.24, 2.45) is 5.41 Å². The second-order valence-corrected chi connectivity index (χ2v) is 10.5. The van der Waals surface area contributed by atoms with Gasteiger partial charge in [-0.1, -0.05) is 25.5 Å². The van der Waals surface area contributed by atoms with Crippen LogP contribution in [0.3, 0.4) is 0 Å². The Morgan fingerprint density at radius 3 is 2.82 bits per heavy atom. The van der Waals surface area contributed by atoms with Crippen molar-refractivity contribution in [3.8, 4) is 0 Å². The first-order valence-electron chi connectivity index (χ1n) is 13.2. The first-order chi connectivity index (χ1) is 18.5. The normalized spacial score (nSPS) is 16.9. The predicted molar refractivity (Wildman–Crippen MR) is 146 cm³/mol. The molecule has 1 spiro atoms. The molecule has 2 saturated heterocycles. The lowest BCUT2D eigenvalue weighted by Crippen LogP contribution is -2.71. The van der Waals surface area contributed by atoms with Crippen LogP contribution >= 0.6 is 0 Å². The van der Waals surface area contributed by atoms with E-state index < -0.39 is 0 Å². The summed E-state index contributed by atoms with van der Waals surface area (Å²) in [5.41, 5.74) is 10.0. The van der Waals surface area contributed by atoms with Crippen LogP contribution in [0.4, 0.5) is 11.8 Å². The molecule has 3 aromatic heterocycles. The summed E-state index contributed by atoms with van der Waals surface area (Å²) in [5, 5.41) is 21.7. The van der Waals surface area contributed by atoms with Gasteiger partial charge in [-0.15, -0.1) is 0 Å². The molecular formula is C27H33N9O2. The minimum Gasteiger partial charge on any atom is -0.396 e. The zero-order valence-corrected chi connectivity index (χ0v) is 21.5. The molecular weight excluding hydrogens is 482 g/mol. The Hall–Kier alpha value is -3.83. The van der Waals surface area contributed by atoms with E-state index in [4.69, 9.17) is 5.73 Å². The van der Waals surface area contributed by atoms with E-state index >= 15 is 0 Å². The highest BCUT2D eigenvalue weighted by Crippen LogP contribution is 2.36. The number of likely N-dealkylation sites (tertiary alicyclic amines) is 1. The largest absolute Gasteiger partial charge is 0.396 e. The second kappa shape index (κ2) is 9.80. The van der Waals surface area contributed by atoms with Crippen LogP contribution in [0.25, 0.3) is 21.9 Å². The van der Waals surface area contributed by atoms with Gasteiger partial charge in [0.15, 0.2) is 5.82 Å². The van der Waals surface area contributed by atoms with E-state index in [0.717, 1.165) is 61.0 Å². The number of nitrogen functional groups attached to an aromatic ring is 1. The van der Waals surface area contributed by atoms with Gasteiger partial charge in [0.05, 0.1) is 18.3 Å². The van der Waals surface area contributed by atoms with E-state index in [-0.39, 0.29) is 29.9 Å². The third-order valence-electron chi connectivity index (χ3n) is 7.70. The molecule has 38 heavy (non-hydrogen) atoms. The Morgan fingerprint density at radius 1 is 1.24 bits per heavy atom. The number of carbonyl (C=O) groups excluding carboxylic acids is 1. The van der Waals surface area contributed by atoms with Crippen LogP contribution in [0.1, 0.15) is 42.1 Å². The highest BCUT2D eigenvalue weighted by atomic mass is 16.3. The fourth-order valence-electron chi connectivity index (χ4n) is 5.71. The van der Waals surface area contributed by atoms with E-state index in [1.54, 1.807) is 12.4 Å². The summed E-state index contributed by atoms with van der Waals surface area (Å²) >= 11 is 0. The molecule has 0 saturated carbocycles. The number of hydrogen-bond acceptors (Lipinski definition) is 9. The van der Waals surface area contributed by atoms with Gasteiger partial charge in [-0.25, -0.2) is 4.98 Å². The number of amides is 1. The third-order valence-corrected chi connectivity index (χ3v) is 7.70. The number of anilines is 2. The Balaban J connectivity index is 1.33. The Bertz CT molecular complexity index is 1480. The molecule has 5 heterocycles. The molecule has 11 heteroatoms. The molecule has 11 nitrogen and oxygen atoms in total. The number of hydrogen-bond donors (Lipinski definition) is 4. The third kappa shape index (κ3) is 4.31. The highest BCUT2D eigenvalue weighted by molar-refractivity contribution is 6.07. The highest BCUT2D eigenvalue weighted by Gasteiger charge is 2.49. The maximum atomic E-state index is 13.4. The predicted octanol–water partition coefficient (Wildman–Crippen LogP) is 2.01. The van der Waals surface area contributed by atoms with Gasteiger partial charge in [0.25, 0.3) is 5.91 Å². The van der Waals surface area contributed by atoms with Crippen molar-refractivity contribution < 1.29 is 9.90 Å². The Kier molecular flexibility index (Phi) is 6.32. The maximum Gasteiger partial charge on any atom is 0.254 e. The van der Waals surface area contributed by atoms with E-state index in [1.165, 1.54) is 0 Å². The molecule has 0 bridgehead atoms. The molecule has 1 aromatic carbocycles. The Morgan fingerprint density at radius 2 is 2.08 bits per heavy atom. The summed E-state index contributed by atoms with van der Waals surface area (Å²) in [6.07, 6.45) is 5.90. The van der Waals surface area contributed by atoms with Gasteiger partial charge >= 0.3 is 0 Å². The SMILES string of the molecule is CCC[C@@H](CCO)Nc1nc(N)nc2cnn(Cc3ccc(C(=O)N4CC5(CNC5)C4)c4cccnc34)c12. The number of nitrogens with one attached hydrogen (secondary N) is 2. The zero-order valence-electron chi connectivity index (χ0n) is 21.5. The van der Waals surface area contributed by atoms with Gasteiger partial charge in [0.1, 0.15) is 11.0 Å². The van der Waals surface area contributed by atoms with Gasteiger partial charge in [-0.05, 0) is 30.5 Å². The molecule has 0 aliphatic carbocycles. The molecule has 2 aliphatic heterocycles. The molecule has 5 N–H and O–H groups in total. The van der Waals surface area contributed by atoms with Crippen molar-refractivity contribution >= 4 is 39.6 Å². The minimum atomic E-state index is 0.0509. The lowest BCUT2D eigenvalue weighted by molar-refractivity contribution is -0.0247. The van der Waals surface area contributed by atoms with Gasteiger partial charge in [-0.2, -0.15) is 10.1 Å². The first-order valence-corrected chi connectivity index (χ1v) is 13.2. The molecule has 2 aliphatic rings. The van der Waals surface area contributed by atoms with E-state index in [1.807, 2.05) is 33.8 Å². The fourth-order valence-corrected chi connectivity index (χ4v) is 5.71. The fraction of sp³-hybridized carbons (Fsp3) is 0.444. The van der Waals surface area contributed by atoms with E-state index in [0.29, 0.717) is 29.9 Å². The number of rotatable bonds is 9. The van der Waals surface area contributed by atoms with Crippen LogP contribution < -0.4 is 16.4 Å². The molecule has 2 fully saturated rings. The number of nitrogens with two attached hydrogens (primary N) is 1. The molecule has 6 rings (SSSR count). The average Bonchev–Trinajstić information content (AvgIpc) is 3.25. The molecule has 198 valence electrons. The Labute approximate surface area is 220 Å².